The Morgan fingerprint density at radius 3 is 2.67 bits per heavy atom. The van der Waals surface area contributed by atoms with Gasteiger partial charge in [-0.2, -0.15) is 0 Å². The Morgan fingerprint density at radius 1 is 1.33 bits per heavy atom. The van der Waals surface area contributed by atoms with Gasteiger partial charge >= 0.3 is 0 Å². The molecule has 0 spiro atoms. The number of nitrogens with zero attached hydrogens (tertiary/aromatic N) is 1. The van der Waals surface area contributed by atoms with E-state index in [2.05, 4.69) is 4.98 Å². The summed E-state index contributed by atoms with van der Waals surface area (Å²) in [5.74, 6) is 1.48. The van der Waals surface area contributed by atoms with E-state index in [1.807, 2.05) is 5.51 Å². The predicted octanol–water partition coefficient (Wildman–Crippen LogP) is 2.77. The zero-order valence-electron chi connectivity index (χ0n) is 7.12. The van der Waals surface area contributed by atoms with Gasteiger partial charge in [0.15, 0.2) is 0 Å². The molecule has 1 aromatic rings. The van der Waals surface area contributed by atoms with E-state index in [0.717, 1.165) is 5.82 Å². The Labute approximate surface area is 76.8 Å². The lowest BCUT2D eigenvalue weighted by molar-refractivity contribution is 0.448. The van der Waals surface area contributed by atoms with E-state index in [-0.39, 0.29) is 0 Å². The molecule has 2 rings (SSSR count). The Kier molecular flexibility index (Phi) is 2.30. The molecule has 0 aliphatic heterocycles. The Balaban J connectivity index is 2.13. The average molecular weight is 182 g/mol. The van der Waals surface area contributed by atoms with E-state index in [1.165, 1.54) is 37.0 Å². The lowest BCUT2D eigenvalue weighted by atomic mass is 9.88. The SMILES string of the molecule is Nc1ncsc1C1CCCCC1. The van der Waals surface area contributed by atoms with Gasteiger partial charge < -0.3 is 5.73 Å². The fourth-order valence-electron chi connectivity index (χ4n) is 1.93. The van der Waals surface area contributed by atoms with Gasteiger partial charge in [-0.1, -0.05) is 19.3 Å². The molecule has 0 amide bonds. The third-order valence-corrected chi connectivity index (χ3v) is 3.61. The molecule has 0 unspecified atom stereocenters. The highest BCUT2D eigenvalue weighted by Crippen LogP contribution is 2.37. The zero-order chi connectivity index (χ0) is 8.39. The van der Waals surface area contributed by atoms with Crippen LogP contribution in [0.3, 0.4) is 0 Å². The van der Waals surface area contributed by atoms with Crippen molar-refractivity contribution in [2.24, 2.45) is 0 Å². The standard InChI is InChI=1S/C9H14N2S/c10-9-8(12-6-11-9)7-4-2-1-3-5-7/h6-7H,1-5,10H2. The van der Waals surface area contributed by atoms with Crippen LogP contribution in [0.2, 0.25) is 0 Å². The van der Waals surface area contributed by atoms with E-state index in [0.29, 0.717) is 5.92 Å². The Hall–Kier alpha value is -0.570. The second-order valence-electron chi connectivity index (χ2n) is 3.44. The number of aromatic nitrogens is 1. The average Bonchev–Trinajstić information content (AvgIpc) is 2.53. The van der Waals surface area contributed by atoms with Crippen LogP contribution in [-0.4, -0.2) is 4.98 Å². The topological polar surface area (TPSA) is 38.9 Å². The second-order valence-corrected chi connectivity index (χ2v) is 4.32. The molecule has 1 fully saturated rings. The summed E-state index contributed by atoms with van der Waals surface area (Å²) in [5, 5.41) is 0. The lowest BCUT2D eigenvalue weighted by Crippen LogP contribution is -2.04. The number of rotatable bonds is 1. The van der Waals surface area contributed by atoms with Gasteiger partial charge in [0.05, 0.1) is 10.4 Å². The first-order valence-electron chi connectivity index (χ1n) is 4.57. The molecule has 0 atom stereocenters. The van der Waals surface area contributed by atoms with Crippen molar-refractivity contribution in [2.45, 2.75) is 38.0 Å². The van der Waals surface area contributed by atoms with Crippen LogP contribution in [0.1, 0.15) is 42.9 Å². The van der Waals surface area contributed by atoms with Gasteiger partial charge in [0, 0.05) is 0 Å². The summed E-state index contributed by atoms with van der Waals surface area (Å²) in [7, 11) is 0. The first-order chi connectivity index (χ1) is 5.88. The zero-order valence-corrected chi connectivity index (χ0v) is 7.94. The van der Waals surface area contributed by atoms with Crippen molar-refractivity contribution in [3.05, 3.63) is 10.4 Å². The molecule has 2 N–H and O–H groups in total. The van der Waals surface area contributed by atoms with Crippen LogP contribution in [0.15, 0.2) is 5.51 Å². The summed E-state index contributed by atoms with van der Waals surface area (Å²) >= 11 is 1.72. The first-order valence-corrected chi connectivity index (χ1v) is 5.45. The van der Waals surface area contributed by atoms with Gasteiger partial charge in [0.1, 0.15) is 5.82 Å². The molecule has 1 aliphatic rings. The molecular weight excluding hydrogens is 168 g/mol. The summed E-state index contributed by atoms with van der Waals surface area (Å²) in [6.45, 7) is 0. The van der Waals surface area contributed by atoms with Crippen molar-refractivity contribution in [1.29, 1.82) is 0 Å². The summed E-state index contributed by atoms with van der Waals surface area (Å²) in [4.78, 5) is 5.42. The van der Waals surface area contributed by atoms with Gasteiger partial charge in [-0.25, -0.2) is 4.98 Å². The van der Waals surface area contributed by atoms with E-state index < -0.39 is 0 Å². The van der Waals surface area contributed by atoms with Crippen molar-refractivity contribution in [3.8, 4) is 0 Å². The molecule has 0 aromatic carbocycles. The van der Waals surface area contributed by atoms with Crippen LogP contribution in [0, 0.1) is 0 Å². The maximum Gasteiger partial charge on any atom is 0.137 e. The van der Waals surface area contributed by atoms with Crippen molar-refractivity contribution in [3.63, 3.8) is 0 Å². The predicted molar refractivity (Wildman–Crippen MR) is 52.4 cm³/mol. The van der Waals surface area contributed by atoms with Crippen LogP contribution in [-0.2, 0) is 0 Å². The number of nitrogen functional groups attached to an aromatic ring is 1. The normalized spacial score (nSPS) is 19.7. The van der Waals surface area contributed by atoms with Crippen molar-refractivity contribution in [1.82, 2.24) is 4.98 Å². The largest absolute Gasteiger partial charge is 0.383 e. The fourth-order valence-corrected chi connectivity index (χ4v) is 2.82. The molecule has 3 heteroatoms. The van der Waals surface area contributed by atoms with E-state index in [4.69, 9.17) is 5.73 Å². The van der Waals surface area contributed by atoms with Crippen LogP contribution in [0.5, 0.6) is 0 Å². The molecular formula is C9H14N2S. The molecule has 66 valence electrons. The van der Waals surface area contributed by atoms with Crippen LogP contribution >= 0.6 is 11.3 Å². The summed E-state index contributed by atoms with van der Waals surface area (Å²) < 4.78 is 0. The first kappa shape index (κ1) is 8.05. The van der Waals surface area contributed by atoms with Crippen molar-refractivity contribution >= 4 is 17.2 Å². The fraction of sp³-hybridized carbons (Fsp3) is 0.667. The van der Waals surface area contributed by atoms with Gasteiger partial charge in [0.25, 0.3) is 0 Å². The molecule has 1 aromatic heterocycles. The molecule has 1 aliphatic carbocycles. The summed E-state index contributed by atoms with van der Waals surface area (Å²) in [5.41, 5.74) is 7.63. The van der Waals surface area contributed by atoms with Crippen molar-refractivity contribution < 1.29 is 0 Å². The highest BCUT2D eigenvalue weighted by Gasteiger charge is 2.19. The van der Waals surface area contributed by atoms with E-state index in [9.17, 15) is 0 Å². The third-order valence-electron chi connectivity index (χ3n) is 2.60. The minimum Gasteiger partial charge on any atom is -0.383 e. The highest BCUT2D eigenvalue weighted by molar-refractivity contribution is 7.10. The monoisotopic (exact) mass is 182 g/mol. The van der Waals surface area contributed by atoms with Crippen LogP contribution in [0.25, 0.3) is 0 Å². The number of hydrogen-bond donors (Lipinski definition) is 1. The lowest BCUT2D eigenvalue weighted by Gasteiger charge is -2.20. The molecule has 1 heterocycles. The minimum atomic E-state index is 0.714. The Bertz CT molecular complexity index is 251. The molecule has 1 saturated carbocycles. The maximum absolute atomic E-state index is 5.77. The van der Waals surface area contributed by atoms with Gasteiger partial charge in [-0.15, -0.1) is 11.3 Å². The van der Waals surface area contributed by atoms with Crippen LogP contribution < -0.4 is 5.73 Å². The summed E-state index contributed by atoms with van der Waals surface area (Å²) in [6, 6.07) is 0. The van der Waals surface area contributed by atoms with E-state index in [1.54, 1.807) is 11.3 Å². The molecule has 0 saturated heterocycles. The van der Waals surface area contributed by atoms with Gasteiger partial charge in [-0.05, 0) is 18.8 Å². The molecule has 2 nitrogen and oxygen atoms in total. The van der Waals surface area contributed by atoms with Gasteiger partial charge in [0.2, 0.25) is 0 Å². The highest BCUT2D eigenvalue weighted by atomic mass is 32.1. The third kappa shape index (κ3) is 1.46. The number of nitrogens with two attached hydrogens (primary N) is 1. The van der Waals surface area contributed by atoms with Gasteiger partial charge in [-0.3, -0.25) is 0 Å². The molecule has 0 radical (unpaired) electrons. The number of thiazole rings is 1. The Morgan fingerprint density at radius 2 is 2.08 bits per heavy atom. The molecule has 0 bridgehead atoms. The quantitative estimate of drug-likeness (QED) is 0.725. The number of anilines is 1. The van der Waals surface area contributed by atoms with Crippen molar-refractivity contribution in [2.75, 3.05) is 5.73 Å². The molecule has 12 heavy (non-hydrogen) atoms. The maximum atomic E-state index is 5.77. The number of hydrogen-bond acceptors (Lipinski definition) is 3. The van der Waals surface area contributed by atoms with E-state index >= 15 is 0 Å². The van der Waals surface area contributed by atoms with Crippen LogP contribution in [0.4, 0.5) is 5.82 Å². The smallest absolute Gasteiger partial charge is 0.137 e. The minimum absolute atomic E-state index is 0.714. The summed E-state index contributed by atoms with van der Waals surface area (Å²) in [6.07, 6.45) is 6.75. The second kappa shape index (κ2) is 3.44.